The minimum Gasteiger partial charge on any atom is -0.240 e. The maximum atomic E-state index is 11.8. The van der Waals surface area contributed by atoms with Gasteiger partial charge in [0.05, 0.1) is 5.88 Å². The highest BCUT2D eigenvalue weighted by Gasteiger charge is 2.29. The van der Waals surface area contributed by atoms with E-state index in [2.05, 4.69) is 10.1 Å². The van der Waals surface area contributed by atoms with Crippen LogP contribution in [0.5, 0.6) is 0 Å². The van der Waals surface area contributed by atoms with Crippen LogP contribution in [0.2, 0.25) is 0 Å². The normalized spacial score (nSPS) is 12.0. The molecule has 0 saturated carbocycles. The predicted octanol–water partition coefficient (Wildman–Crippen LogP) is 1.58. The van der Waals surface area contributed by atoms with Crippen molar-refractivity contribution < 1.29 is 13.2 Å². The van der Waals surface area contributed by atoms with Crippen molar-refractivity contribution in [3.8, 4) is 0 Å². The van der Waals surface area contributed by atoms with Gasteiger partial charge in [-0.3, -0.25) is 0 Å². The summed E-state index contributed by atoms with van der Waals surface area (Å²) in [5, 5.41) is 3.37. The van der Waals surface area contributed by atoms with Crippen LogP contribution in [-0.2, 0) is 12.4 Å². The zero-order valence-corrected chi connectivity index (χ0v) is 6.60. The van der Waals surface area contributed by atoms with Gasteiger partial charge in [0, 0.05) is 0 Å². The van der Waals surface area contributed by atoms with Crippen molar-refractivity contribution in [2.75, 3.05) is 0 Å². The summed E-state index contributed by atoms with van der Waals surface area (Å²) in [5.74, 6) is 0.0461. The quantitative estimate of drug-likeness (QED) is 0.677. The molecule has 7 heteroatoms. The van der Waals surface area contributed by atoms with Crippen molar-refractivity contribution in [3.05, 3.63) is 12.2 Å². The van der Waals surface area contributed by atoms with E-state index in [0.29, 0.717) is 0 Å². The van der Waals surface area contributed by atoms with Gasteiger partial charge in [-0.15, -0.1) is 11.6 Å². The summed E-state index contributed by atoms with van der Waals surface area (Å²) in [6.45, 7) is -1.14. The smallest absolute Gasteiger partial charge is 0.240 e. The Hall–Kier alpha value is -0.780. The molecule has 0 atom stereocenters. The molecule has 12 heavy (non-hydrogen) atoms. The van der Waals surface area contributed by atoms with Crippen LogP contribution in [-0.4, -0.2) is 20.9 Å². The summed E-state index contributed by atoms with van der Waals surface area (Å²) in [6.07, 6.45) is -3.24. The lowest BCUT2D eigenvalue weighted by Crippen LogP contribution is -2.20. The van der Waals surface area contributed by atoms with Crippen LogP contribution in [0.25, 0.3) is 0 Å². The van der Waals surface area contributed by atoms with Crippen molar-refractivity contribution in [3.63, 3.8) is 0 Å². The van der Waals surface area contributed by atoms with E-state index in [1.165, 1.54) is 0 Å². The monoisotopic (exact) mass is 199 g/mol. The van der Waals surface area contributed by atoms with Crippen LogP contribution < -0.4 is 0 Å². The fraction of sp³-hybridized carbons (Fsp3) is 0.600. The molecule has 0 radical (unpaired) electrons. The highest BCUT2D eigenvalue weighted by molar-refractivity contribution is 6.16. The van der Waals surface area contributed by atoms with Gasteiger partial charge in [0.25, 0.3) is 0 Å². The summed E-state index contributed by atoms with van der Waals surface area (Å²) < 4.78 is 36.1. The molecule has 1 aromatic heterocycles. The zero-order chi connectivity index (χ0) is 9.19. The number of alkyl halides is 4. The Morgan fingerprint density at radius 2 is 2.17 bits per heavy atom. The Bertz CT molecular complexity index is 257. The Kier molecular flexibility index (Phi) is 2.56. The SMILES string of the molecule is FC(F)(F)Cn1ncnc1CCl. The van der Waals surface area contributed by atoms with E-state index >= 15 is 0 Å². The Balaban J connectivity index is 2.75. The molecule has 0 aliphatic carbocycles. The maximum absolute atomic E-state index is 11.8. The molecule has 0 aliphatic heterocycles. The molecule has 0 fully saturated rings. The number of hydrogen-bond donors (Lipinski definition) is 0. The fourth-order valence-corrected chi connectivity index (χ4v) is 0.900. The van der Waals surface area contributed by atoms with Crippen LogP contribution in [0, 0.1) is 0 Å². The van der Waals surface area contributed by atoms with Crippen LogP contribution in [0.1, 0.15) is 5.82 Å². The second-order valence-corrected chi connectivity index (χ2v) is 2.35. The van der Waals surface area contributed by atoms with Gasteiger partial charge in [-0.05, 0) is 0 Å². The van der Waals surface area contributed by atoms with E-state index in [1.807, 2.05) is 0 Å². The van der Waals surface area contributed by atoms with Crippen molar-refractivity contribution in [1.29, 1.82) is 0 Å². The molecule has 0 bridgehead atoms. The standard InChI is InChI=1S/C5H5ClF3N3/c6-1-4-10-3-11-12(4)2-5(7,8)9/h3H,1-2H2. The highest BCUT2D eigenvalue weighted by Crippen LogP contribution is 2.17. The average Bonchev–Trinajstić information content (AvgIpc) is 2.31. The summed E-state index contributed by atoms with van der Waals surface area (Å²) in [5.41, 5.74) is 0. The van der Waals surface area contributed by atoms with E-state index in [-0.39, 0.29) is 11.7 Å². The number of aromatic nitrogens is 3. The van der Waals surface area contributed by atoms with Crippen molar-refractivity contribution in [2.45, 2.75) is 18.6 Å². The number of hydrogen-bond acceptors (Lipinski definition) is 2. The molecule has 0 amide bonds. The second kappa shape index (κ2) is 3.30. The maximum Gasteiger partial charge on any atom is 0.408 e. The fourth-order valence-electron chi connectivity index (χ4n) is 0.693. The van der Waals surface area contributed by atoms with Gasteiger partial charge in [-0.2, -0.15) is 18.3 Å². The van der Waals surface area contributed by atoms with Gasteiger partial charge in [-0.25, -0.2) is 9.67 Å². The third-order valence-corrected chi connectivity index (χ3v) is 1.38. The Morgan fingerprint density at radius 3 is 2.67 bits per heavy atom. The largest absolute Gasteiger partial charge is 0.408 e. The minimum absolute atomic E-state index is 0.0733. The van der Waals surface area contributed by atoms with Gasteiger partial charge < -0.3 is 0 Å². The Labute approximate surface area is 71.2 Å². The molecule has 0 aromatic carbocycles. The topological polar surface area (TPSA) is 30.7 Å². The first kappa shape index (κ1) is 9.31. The van der Waals surface area contributed by atoms with Crippen LogP contribution in [0.15, 0.2) is 6.33 Å². The third kappa shape index (κ3) is 2.37. The lowest BCUT2D eigenvalue weighted by molar-refractivity contribution is -0.143. The lowest BCUT2D eigenvalue weighted by Gasteiger charge is -2.06. The molecule has 0 N–H and O–H groups in total. The summed E-state index contributed by atoms with van der Waals surface area (Å²) >= 11 is 5.31. The lowest BCUT2D eigenvalue weighted by atomic mass is 10.6. The van der Waals surface area contributed by atoms with Crippen LogP contribution in [0.3, 0.4) is 0 Å². The molecule has 0 aliphatic rings. The minimum atomic E-state index is -4.28. The van der Waals surface area contributed by atoms with Gasteiger partial charge in [0.2, 0.25) is 0 Å². The van der Waals surface area contributed by atoms with E-state index in [4.69, 9.17) is 11.6 Å². The van der Waals surface area contributed by atoms with Crippen LogP contribution >= 0.6 is 11.6 Å². The first-order valence-corrected chi connectivity index (χ1v) is 3.56. The molecule has 3 nitrogen and oxygen atoms in total. The summed E-state index contributed by atoms with van der Waals surface area (Å²) in [7, 11) is 0. The van der Waals surface area contributed by atoms with Gasteiger partial charge in [0.15, 0.2) is 0 Å². The van der Waals surface area contributed by atoms with Crippen molar-refractivity contribution in [1.82, 2.24) is 14.8 Å². The molecule has 68 valence electrons. The second-order valence-electron chi connectivity index (χ2n) is 2.08. The van der Waals surface area contributed by atoms with E-state index < -0.39 is 12.7 Å². The number of rotatable bonds is 2. The first-order valence-electron chi connectivity index (χ1n) is 3.02. The zero-order valence-electron chi connectivity index (χ0n) is 5.85. The van der Waals surface area contributed by atoms with Crippen molar-refractivity contribution in [2.24, 2.45) is 0 Å². The van der Waals surface area contributed by atoms with Crippen LogP contribution in [0.4, 0.5) is 13.2 Å². The summed E-state index contributed by atoms with van der Waals surface area (Å²) in [4.78, 5) is 3.54. The molecule has 0 unspecified atom stereocenters. The molecule has 0 saturated heterocycles. The van der Waals surface area contributed by atoms with E-state index in [9.17, 15) is 13.2 Å². The third-order valence-electron chi connectivity index (χ3n) is 1.14. The molecule has 1 heterocycles. The average molecular weight is 200 g/mol. The summed E-state index contributed by atoms with van der Waals surface area (Å²) in [6, 6.07) is 0. The van der Waals surface area contributed by atoms with Crippen molar-refractivity contribution >= 4 is 11.6 Å². The first-order chi connectivity index (χ1) is 5.53. The molecular formula is C5H5ClF3N3. The molecule has 1 aromatic rings. The number of halogens is 4. The molecule has 0 spiro atoms. The number of nitrogens with zero attached hydrogens (tertiary/aromatic N) is 3. The van der Waals surface area contributed by atoms with Gasteiger partial charge in [-0.1, -0.05) is 0 Å². The van der Waals surface area contributed by atoms with E-state index in [0.717, 1.165) is 11.0 Å². The Morgan fingerprint density at radius 1 is 1.50 bits per heavy atom. The van der Waals surface area contributed by atoms with Gasteiger partial charge >= 0.3 is 6.18 Å². The highest BCUT2D eigenvalue weighted by atomic mass is 35.5. The molecule has 1 rings (SSSR count). The predicted molar refractivity (Wildman–Crippen MR) is 35.6 cm³/mol. The molecular weight excluding hydrogens is 195 g/mol. The van der Waals surface area contributed by atoms with Gasteiger partial charge in [0.1, 0.15) is 18.7 Å². The van der Waals surface area contributed by atoms with E-state index in [1.54, 1.807) is 0 Å².